The Labute approximate surface area is 90.9 Å². The molecule has 0 saturated heterocycles. The molecule has 80 valence electrons. The van der Waals surface area contributed by atoms with Gasteiger partial charge in [-0.1, -0.05) is 18.2 Å². The number of methoxy groups -OCH3 is 1. The Balaban J connectivity index is 2.59. The van der Waals surface area contributed by atoms with Crippen LogP contribution in [0.3, 0.4) is 0 Å². The van der Waals surface area contributed by atoms with Gasteiger partial charge in [-0.2, -0.15) is 5.26 Å². The molecule has 0 saturated carbocycles. The highest BCUT2D eigenvalue weighted by atomic mass is 16.5. The van der Waals surface area contributed by atoms with Crippen molar-refractivity contribution < 1.29 is 4.74 Å². The number of rotatable bonds is 6. The molecular formula is C12H16N2O. The van der Waals surface area contributed by atoms with Gasteiger partial charge in [0.1, 0.15) is 0 Å². The van der Waals surface area contributed by atoms with Crippen molar-refractivity contribution in [2.24, 2.45) is 0 Å². The molecular weight excluding hydrogens is 188 g/mol. The molecule has 0 spiro atoms. The maximum Gasteiger partial charge on any atom is 0.0640 e. The predicted molar refractivity (Wildman–Crippen MR) is 60.8 cm³/mol. The Hall–Kier alpha value is -1.53. The molecule has 15 heavy (non-hydrogen) atoms. The smallest absolute Gasteiger partial charge is 0.0640 e. The van der Waals surface area contributed by atoms with Crippen molar-refractivity contribution in [3.05, 3.63) is 30.3 Å². The molecule has 0 atom stereocenters. The highest BCUT2D eigenvalue weighted by Gasteiger charge is 2.04. The number of hydrogen-bond donors (Lipinski definition) is 0. The molecule has 0 bridgehead atoms. The first kappa shape index (κ1) is 11.5. The van der Waals surface area contributed by atoms with Gasteiger partial charge in [-0.25, -0.2) is 0 Å². The zero-order valence-corrected chi connectivity index (χ0v) is 9.02. The molecule has 1 aromatic rings. The number of ether oxygens (including phenoxy) is 1. The van der Waals surface area contributed by atoms with E-state index in [-0.39, 0.29) is 0 Å². The quantitative estimate of drug-likeness (QED) is 0.711. The number of nitrogens with zero attached hydrogens (tertiary/aromatic N) is 2. The fourth-order valence-electron chi connectivity index (χ4n) is 1.40. The summed E-state index contributed by atoms with van der Waals surface area (Å²) in [5.41, 5.74) is 1.14. The van der Waals surface area contributed by atoms with E-state index in [9.17, 15) is 0 Å². The summed E-state index contributed by atoms with van der Waals surface area (Å²) < 4.78 is 5.05. The summed E-state index contributed by atoms with van der Waals surface area (Å²) in [5.74, 6) is 0. The van der Waals surface area contributed by atoms with Crippen LogP contribution in [0.25, 0.3) is 0 Å². The Morgan fingerprint density at radius 2 is 2.00 bits per heavy atom. The lowest BCUT2D eigenvalue weighted by molar-refractivity contribution is 0.205. The topological polar surface area (TPSA) is 36.3 Å². The van der Waals surface area contributed by atoms with Gasteiger partial charge in [0, 0.05) is 25.9 Å². The molecule has 0 heterocycles. The fourth-order valence-corrected chi connectivity index (χ4v) is 1.40. The van der Waals surface area contributed by atoms with E-state index in [4.69, 9.17) is 10.00 Å². The monoisotopic (exact) mass is 204 g/mol. The summed E-state index contributed by atoms with van der Waals surface area (Å²) in [6.07, 6.45) is 0.540. The number of anilines is 1. The van der Waals surface area contributed by atoms with Crippen LogP contribution in [0.15, 0.2) is 30.3 Å². The fraction of sp³-hybridized carbons (Fsp3) is 0.417. The molecule has 0 amide bonds. The van der Waals surface area contributed by atoms with E-state index in [1.165, 1.54) is 0 Å². The van der Waals surface area contributed by atoms with Crippen LogP contribution in [0, 0.1) is 11.3 Å². The predicted octanol–water partition coefficient (Wildman–Crippen LogP) is 2.05. The van der Waals surface area contributed by atoms with Crippen LogP contribution in [0.2, 0.25) is 0 Å². The average Bonchev–Trinajstić information content (AvgIpc) is 2.30. The summed E-state index contributed by atoms with van der Waals surface area (Å²) >= 11 is 0. The van der Waals surface area contributed by atoms with Crippen molar-refractivity contribution in [1.29, 1.82) is 5.26 Å². The number of nitriles is 1. The van der Waals surface area contributed by atoms with Gasteiger partial charge in [0.15, 0.2) is 0 Å². The summed E-state index contributed by atoms with van der Waals surface area (Å²) in [5, 5.41) is 8.58. The van der Waals surface area contributed by atoms with Crippen molar-refractivity contribution in [3.63, 3.8) is 0 Å². The zero-order valence-electron chi connectivity index (χ0n) is 9.02. The molecule has 1 rings (SSSR count). The van der Waals surface area contributed by atoms with Crippen molar-refractivity contribution in [2.45, 2.75) is 6.42 Å². The van der Waals surface area contributed by atoms with Crippen molar-refractivity contribution in [2.75, 3.05) is 31.7 Å². The second-order valence-electron chi connectivity index (χ2n) is 3.22. The van der Waals surface area contributed by atoms with Crippen LogP contribution >= 0.6 is 0 Å². The first-order valence-electron chi connectivity index (χ1n) is 5.04. The van der Waals surface area contributed by atoms with Gasteiger partial charge < -0.3 is 9.64 Å². The molecule has 0 unspecified atom stereocenters. The van der Waals surface area contributed by atoms with Gasteiger partial charge >= 0.3 is 0 Å². The minimum atomic E-state index is 0.540. The van der Waals surface area contributed by atoms with E-state index in [2.05, 4.69) is 11.0 Å². The second-order valence-corrected chi connectivity index (χ2v) is 3.22. The third-order valence-corrected chi connectivity index (χ3v) is 2.18. The molecule has 0 aliphatic heterocycles. The van der Waals surface area contributed by atoms with Gasteiger partial charge in [0.2, 0.25) is 0 Å². The van der Waals surface area contributed by atoms with Gasteiger partial charge in [0.05, 0.1) is 19.1 Å². The van der Waals surface area contributed by atoms with E-state index in [0.717, 1.165) is 18.8 Å². The van der Waals surface area contributed by atoms with Crippen molar-refractivity contribution in [1.82, 2.24) is 0 Å². The van der Waals surface area contributed by atoms with Crippen LogP contribution in [0.1, 0.15) is 6.42 Å². The Morgan fingerprint density at radius 1 is 1.27 bits per heavy atom. The Bertz CT molecular complexity index is 305. The number of benzene rings is 1. The molecule has 0 aromatic heterocycles. The minimum absolute atomic E-state index is 0.540. The van der Waals surface area contributed by atoms with E-state index >= 15 is 0 Å². The second kappa shape index (κ2) is 6.86. The summed E-state index contributed by atoms with van der Waals surface area (Å²) in [7, 11) is 1.69. The standard InChI is InChI=1S/C12H16N2O/c1-15-11-10-14(9-5-8-13)12-6-3-2-4-7-12/h2-4,6-7H,5,9-11H2,1H3. The van der Waals surface area contributed by atoms with Gasteiger partial charge in [0.25, 0.3) is 0 Å². The number of para-hydroxylation sites is 1. The van der Waals surface area contributed by atoms with Crippen LogP contribution in [0.4, 0.5) is 5.69 Å². The normalized spacial score (nSPS) is 9.60. The van der Waals surface area contributed by atoms with Gasteiger partial charge in [-0.15, -0.1) is 0 Å². The van der Waals surface area contributed by atoms with Crippen LogP contribution < -0.4 is 4.90 Å². The van der Waals surface area contributed by atoms with E-state index in [1.807, 2.05) is 30.3 Å². The van der Waals surface area contributed by atoms with E-state index < -0.39 is 0 Å². The number of hydrogen-bond acceptors (Lipinski definition) is 3. The van der Waals surface area contributed by atoms with E-state index in [0.29, 0.717) is 13.0 Å². The summed E-state index contributed by atoms with van der Waals surface area (Å²) in [4.78, 5) is 2.16. The lowest BCUT2D eigenvalue weighted by Crippen LogP contribution is -2.28. The molecule has 0 fully saturated rings. The molecule has 0 aliphatic carbocycles. The molecule has 3 nitrogen and oxygen atoms in total. The third kappa shape index (κ3) is 4.01. The lowest BCUT2D eigenvalue weighted by Gasteiger charge is -2.23. The third-order valence-electron chi connectivity index (χ3n) is 2.18. The Morgan fingerprint density at radius 3 is 2.60 bits per heavy atom. The maximum absolute atomic E-state index is 8.58. The van der Waals surface area contributed by atoms with Crippen molar-refractivity contribution >= 4 is 5.69 Å². The maximum atomic E-state index is 8.58. The van der Waals surface area contributed by atoms with E-state index in [1.54, 1.807) is 7.11 Å². The molecule has 3 heteroatoms. The SMILES string of the molecule is COCCN(CCC#N)c1ccccc1. The zero-order chi connectivity index (χ0) is 10.9. The van der Waals surface area contributed by atoms with Crippen LogP contribution in [-0.2, 0) is 4.74 Å². The van der Waals surface area contributed by atoms with Crippen LogP contribution in [-0.4, -0.2) is 26.8 Å². The van der Waals surface area contributed by atoms with Gasteiger partial charge in [-0.05, 0) is 12.1 Å². The Kier molecular flexibility index (Phi) is 5.28. The molecule has 1 aromatic carbocycles. The lowest BCUT2D eigenvalue weighted by atomic mass is 10.2. The largest absolute Gasteiger partial charge is 0.383 e. The summed E-state index contributed by atoms with van der Waals surface area (Å²) in [6.45, 7) is 2.26. The van der Waals surface area contributed by atoms with Crippen molar-refractivity contribution in [3.8, 4) is 6.07 Å². The van der Waals surface area contributed by atoms with Crippen LogP contribution in [0.5, 0.6) is 0 Å². The molecule has 0 N–H and O–H groups in total. The first-order valence-corrected chi connectivity index (χ1v) is 5.04. The van der Waals surface area contributed by atoms with Gasteiger partial charge in [-0.3, -0.25) is 0 Å². The average molecular weight is 204 g/mol. The summed E-state index contributed by atoms with van der Waals surface area (Å²) in [6, 6.07) is 12.3. The highest BCUT2D eigenvalue weighted by molar-refractivity contribution is 5.45. The molecule has 0 aliphatic rings. The minimum Gasteiger partial charge on any atom is -0.383 e. The highest BCUT2D eigenvalue weighted by Crippen LogP contribution is 2.12. The first-order chi connectivity index (χ1) is 7.38. The molecule has 0 radical (unpaired) electrons.